The predicted octanol–water partition coefficient (Wildman–Crippen LogP) is 2.44. The zero-order valence-electron chi connectivity index (χ0n) is 5.68. The molecule has 0 saturated carbocycles. The second-order valence-corrected chi connectivity index (χ2v) is 3.20. The minimum Gasteiger partial charge on any atom is -0.291 e. The number of rotatable bonds is 2. The molecule has 0 aliphatic heterocycles. The van der Waals surface area contributed by atoms with E-state index in [1.165, 1.54) is 0 Å². The second kappa shape index (κ2) is 3.80. The van der Waals surface area contributed by atoms with E-state index in [4.69, 9.17) is 0 Å². The average molecular weight is 264 g/mol. The topological polar surface area (TPSA) is 17.1 Å². The summed E-state index contributed by atoms with van der Waals surface area (Å²) in [4.78, 5) is 10.9. The van der Waals surface area contributed by atoms with Crippen molar-refractivity contribution >= 4 is 28.4 Å². The van der Waals surface area contributed by atoms with Crippen LogP contribution in [0.3, 0.4) is 0 Å². The minimum absolute atomic E-state index is 0.449. The molecule has 1 aromatic rings. The van der Waals surface area contributed by atoms with E-state index in [1.807, 2.05) is 28.7 Å². The van der Waals surface area contributed by atoms with Gasteiger partial charge in [-0.2, -0.15) is 0 Å². The van der Waals surface area contributed by atoms with Gasteiger partial charge < -0.3 is 0 Å². The fraction of sp³-hybridized carbons (Fsp3) is 0.125. The maximum absolute atomic E-state index is 11.9. The largest absolute Gasteiger partial charge is 0.291 e. The van der Waals surface area contributed by atoms with Crippen LogP contribution in [0.15, 0.2) is 24.3 Å². The van der Waals surface area contributed by atoms with Crippen molar-refractivity contribution in [1.82, 2.24) is 0 Å². The van der Waals surface area contributed by atoms with Crippen LogP contribution in [-0.2, 0) is 0 Å². The number of ketones is 1. The molecule has 58 valence electrons. The number of alkyl halides is 1. The number of hydrogen-bond donors (Lipinski definition) is 0. The number of benzene rings is 1. The van der Waals surface area contributed by atoms with Gasteiger partial charge in [0.2, 0.25) is 0 Å². The zero-order chi connectivity index (χ0) is 8.27. The molecule has 0 aromatic heterocycles. The monoisotopic (exact) mass is 264 g/mol. The van der Waals surface area contributed by atoms with Crippen molar-refractivity contribution in [2.75, 3.05) is 6.67 Å². The van der Waals surface area contributed by atoms with Crippen LogP contribution in [0.25, 0.3) is 0 Å². The SMILES string of the molecule is O=C(CF)c1ccccc1I. The van der Waals surface area contributed by atoms with Gasteiger partial charge in [-0.15, -0.1) is 0 Å². The van der Waals surface area contributed by atoms with Gasteiger partial charge in [0.05, 0.1) is 0 Å². The summed E-state index contributed by atoms with van der Waals surface area (Å²) in [7, 11) is 0. The molecular formula is C8H6FIO. The Morgan fingerprint density at radius 1 is 1.45 bits per heavy atom. The first kappa shape index (κ1) is 8.64. The van der Waals surface area contributed by atoms with Crippen LogP contribution < -0.4 is 0 Å². The fourth-order valence-electron chi connectivity index (χ4n) is 0.759. The van der Waals surface area contributed by atoms with E-state index in [0.717, 1.165) is 3.57 Å². The molecular weight excluding hydrogens is 258 g/mol. The first-order chi connectivity index (χ1) is 5.25. The van der Waals surface area contributed by atoms with Crippen LogP contribution in [0.4, 0.5) is 4.39 Å². The molecule has 1 aromatic carbocycles. The summed E-state index contributed by atoms with van der Waals surface area (Å²) in [5, 5.41) is 0. The third-order valence-electron chi connectivity index (χ3n) is 1.30. The predicted molar refractivity (Wildman–Crippen MR) is 49.5 cm³/mol. The molecule has 1 nitrogen and oxygen atoms in total. The zero-order valence-corrected chi connectivity index (χ0v) is 7.84. The Balaban J connectivity index is 3.03. The van der Waals surface area contributed by atoms with Gasteiger partial charge in [0.1, 0.15) is 0 Å². The lowest BCUT2D eigenvalue weighted by molar-refractivity contribution is 0.0958. The molecule has 3 heteroatoms. The quantitative estimate of drug-likeness (QED) is 0.592. The minimum atomic E-state index is -0.917. The molecule has 0 fully saturated rings. The summed E-state index contributed by atoms with van der Waals surface area (Å²) < 4.78 is 12.7. The summed E-state index contributed by atoms with van der Waals surface area (Å²) in [6.45, 7) is -0.917. The van der Waals surface area contributed by atoms with E-state index in [9.17, 15) is 9.18 Å². The molecule has 0 bridgehead atoms. The van der Waals surface area contributed by atoms with E-state index in [0.29, 0.717) is 5.56 Å². The fourth-order valence-corrected chi connectivity index (χ4v) is 1.45. The highest BCUT2D eigenvalue weighted by Gasteiger charge is 2.06. The number of halogens is 2. The summed E-state index contributed by atoms with van der Waals surface area (Å²) in [6.07, 6.45) is 0. The standard InChI is InChI=1S/C8H6FIO/c9-5-8(11)6-3-1-2-4-7(6)10/h1-4H,5H2. The van der Waals surface area contributed by atoms with Crippen LogP contribution in [0, 0.1) is 3.57 Å². The average Bonchev–Trinajstić information content (AvgIpc) is 2.04. The Bertz CT molecular complexity index is 273. The van der Waals surface area contributed by atoms with Crippen LogP contribution in [0.2, 0.25) is 0 Å². The number of carbonyl (C=O) groups is 1. The van der Waals surface area contributed by atoms with Gasteiger partial charge in [0, 0.05) is 9.13 Å². The van der Waals surface area contributed by atoms with Gasteiger partial charge in [-0.25, -0.2) is 4.39 Å². The smallest absolute Gasteiger partial charge is 0.194 e. The molecule has 0 aliphatic carbocycles. The highest BCUT2D eigenvalue weighted by atomic mass is 127. The number of hydrogen-bond acceptors (Lipinski definition) is 1. The second-order valence-electron chi connectivity index (χ2n) is 2.04. The Labute approximate surface area is 77.8 Å². The summed E-state index contributed by atoms with van der Waals surface area (Å²) >= 11 is 2.01. The summed E-state index contributed by atoms with van der Waals surface area (Å²) in [6, 6.07) is 6.95. The summed E-state index contributed by atoms with van der Waals surface area (Å²) in [5.41, 5.74) is 0.468. The van der Waals surface area contributed by atoms with Crippen LogP contribution in [-0.4, -0.2) is 12.5 Å². The van der Waals surface area contributed by atoms with E-state index < -0.39 is 12.5 Å². The Hall–Kier alpha value is -0.450. The maximum Gasteiger partial charge on any atom is 0.194 e. The number of Topliss-reactive ketones (excluding diaryl/α,β-unsaturated/α-hetero) is 1. The van der Waals surface area contributed by atoms with Gasteiger partial charge in [-0.05, 0) is 28.7 Å². The van der Waals surface area contributed by atoms with Gasteiger partial charge >= 0.3 is 0 Å². The molecule has 0 radical (unpaired) electrons. The first-order valence-electron chi connectivity index (χ1n) is 3.09. The molecule has 0 saturated heterocycles. The molecule has 0 unspecified atom stereocenters. The third-order valence-corrected chi connectivity index (χ3v) is 2.24. The Morgan fingerprint density at radius 3 is 2.64 bits per heavy atom. The molecule has 0 atom stereocenters. The van der Waals surface area contributed by atoms with E-state index in [2.05, 4.69) is 0 Å². The molecule has 0 heterocycles. The Morgan fingerprint density at radius 2 is 2.09 bits per heavy atom. The lowest BCUT2D eigenvalue weighted by Gasteiger charge is -1.97. The molecule has 11 heavy (non-hydrogen) atoms. The molecule has 0 amide bonds. The highest BCUT2D eigenvalue weighted by molar-refractivity contribution is 14.1. The van der Waals surface area contributed by atoms with Crippen molar-refractivity contribution in [2.45, 2.75) is 0 Å². The maximum atomic E-state index is 11.9. The third kappa shape index (κ3) is 1.99. The van der Waals surface area contributed by atoms with Crippen molar-refractivity contribution in [3.63, 3.8) is 0 Å². The number of carbonyl (C=O) groups excluding carboxylic acids is 1. The van der Waals surface area contributed by atoms with E-state index >= 15 is 0 Å². The van der Waals surface area contributed by atoms with Gasteiger partial charge in [0.25, 0.3) is 0 Å². The van der Waals surface area contributed by atoms with E-state index in [-0.39, 0.29) is 0 Å². The lowest BCUT2D eigenvalue weighted by Crippen LogP contribution is -2.02. The van der Waals surface area contributed by atoms with Crippen LogP contribution in [0.1, 0.15) is 10.4 Å². The van der Waals surface area contributed by atoms with Crippen molar-refractivity contribution < 1.29 is 9.18 Å². The van der Waals surface area contributed by atoms with Crippen LogP contribution in [0.5, 0.6) is 0 Å². The molecule has 1 rings (SSSR count). The van der Waals surface area contributed by atoms with Gasteiger partial charge in [-0.1, -0.05) is 18.2 Å². The first-order valence-corrected chi connectivity index (χ1v) is 4.17. The normalized spacial score (nSPS) is 9.64. The Kier molecular flexibility index (Phi) is 2.99. The van der Waals surface area contributed by atoms with Crippen molar-refractivity contribution in [2.24, 2.45) is 0 Å². The van der Waals surface area contributed by atoms with E-state index in [1.54, 1.807) is 18.2 Å². The van der Waals surface area contributed by atoms with Crippen molar-refractivity contribution in [3.8, 4) is 0 Å². The van der Waals surface area contributed by atoms with Crippen molar-refractivity contribution in [1.29, 1.82) is 0 Å². The molecule has 0 N–H and O–H groups in total. The highest BCUT2D eigenvalue weighted by Crippen LogP contribution is 2.11. The summed E-state index contributed by atoms with van der Waals surface area (Å²) in [5.74, 6) is -0.449. The van der Waals surface area contributed by atoms with Gasteiger partial charge in [-0.3, -0.25) is 4.79 Å². The molecule has 0 aliphatic rings. The van der Waals surface area contributed by atoms with Gasteiger partial charge in [0.15, 0.2) is 12.5 Å². The molecule has 0 spiro atoms. The van der Waals surface area contributed by atoms with Crippen molar-refractivity contribution in [3.05, 3.63) is 33.4 Å². The lowest BCUT2D eigenvalue weighted by atomic mass is 10.1. The van der Waals surface area contributed by atoms with Crippen LogP contribution >= 0.6 is 22.6 Å².